The fourth-order valence-corrected chi connectivity index (χ4v) is 1.95. The quantitative estimate of drug-likeness (QED) is 0.812. The van der Waals surface area contributed by atoms with Crippen LogP contribution in [-0.2, 0) is 5.60 Å². The van der Waals surface area contributed by atoms with Crippen molar-refractivity contribution in [2.45, 2.75) is 31.8 Å². The fraction of sp³-hybridized carbons (Fsp3) is 0.500. The molecule has 2 nitrogen and oxygen atoms in total. The summed E-state index contributed by atoms with van der Waals surface area (Å²) in [6, 6.07) is 3.30. The third-order valence-electron chi connectivity index (χ3n) is 3.16. The summed E-state index contributed by atoms with van der Waals surface area (Å²) in [5.74, 6) is -0.130. The van der Waals surface area contributed by atoms with Gasteiger partial charge in [0.1, 0.15) is 0 Å². The van der Waals surface area contributed by atoms with E-state index < -0.39 is 5.60 Å². The van der Waals surface area contributed by atoms with Crippen LogP contribution in [0.4, 0.5) is 4.39 Å². The van der Waals surface area contributed by atoms with Gasteiger partial charge in [0.2, 0.25) is 0 Å². The number of benzene rings is 1. The SMILES string of the molecule is COc1cc(C2(O)CCC2)cc(C)c1F. The van der Waals surface area contributed by atoms with Crippen molar-refractivity contribution in [3.8, 4) is 5.75 Å². The van der Waals surface area contributed by atoms with Crippen LogP contribution >= 0.6 is 0 Å². The second kappa shape index (κ2) is 3.49. The first-order valence-corrected chi connectivity index (χ1v) is 5.14. The molecule has 0 heterocycles. The predicted molar refractivity (Wildman–Crippen MR) is 55.4 cm³/mol. The highest BCUT2D eigenvalue weighted by Crippen LogP contribution is 2.42. The van der Waals surface area contributed by atoms with E-state index in [-0.39, 0.29) is 11.6 Å². The Bertz CT molecular complexity index is 383. The number of aryl methyl sites for hydroxylation is 1. The van der Waals surface area contributed by atoms with E-state index in [2.05, 4.69) is 0 Å². The number of ether oxygens (including phenoxy) is 1. The van der Waals surface area contributed by atoms with Crippen molar-refractivity contribution < 1.29 is 14.2 Å². The number of halogens is 1. The third-order valence-corrected chi connectivity index (χ3v) is 3.16. The van der Waals surface area contributed by atoms with Crippen molar-refractivity contribution in [3.63, 3.8) is 0 Å². The molecule has 0 saturated heterocycles. The van der Waals surface area contributed by atoms with Gasteiger partial charge in [-0.3, -0.25) is 0 Å². The van der Waals surface area contributed by atoms with Gasteiger partial charge in [0.25, 0.3) is 0 Å². The van der Waals surface area contributed by atoms with E-state index in [0.717, 1.165) is 24.8 Å². The van der Waals surface area contributed by atoms with E-state index in [1.54, 1.807) is 19.1 Å². The minimum absolute atomic E-state index is 0.213. The first-order chi connectivity index (χ1) is 7.07. The molecule has 82 valence electrons. The second-order valence-corrected chi connectivity index (χ2v) is 4.19. The molecule has 1 aliphatic carbocycles. The number of methoxy groups -OCH3 is 1. The summed E-state index contributed by atoms with van der Waals surface area (Å²) in [4.78, 5) is 0. The lowest BCUT2D eigenvalue weighted by Gasteiger charge is -2.37. The molecule has 0 bridgehead atoms. The lowest BCUT2D eigenvalue weighted by Crippen LogP contribution is -2.33. The lowest BCUT2D eigenvalue weighted by atomic mass is 9.75. The molecule has 1 saturated carbocycles. The number of hydrogen-bond donors (Lipinski definition) is 1. The van der Waals surface area contributed by atoms with Gasteiger partial charge in [-0.15, -0.1) is 0 Å². The molecular formula is C12H15FO2. The highest BCUT2D eigenvalue weighted by molar-refractivity contribution is 5.39. The van der Waals surface area contributed by atoms with Crippen LogP contribution in [-0.4, -0.2) is 12.2 Å². The molecule has 0 radical (unpaired) electrons. The first kappa shape index (κ1) is 10.4. The molecule has 1 aromatic carbocycles. The molecule has 1 aliphatic rings. The summed E-state index contributed by atoms with van der Waals surface area (Å²) in [6.45, 7) is 1.68. The Kier molecular flexibility index (Phi) is 2.43. The Balaban J connectivity index is 2.45. The highest BCUT2D eigenvalue weighted by atomic mass is 19.1. The maximum Gasteiger partial charge on any atom is 0.167 e. The Morgan fingerprint density at radius 1 is 1.40 bits per heavy atom. The molecule has 0 aliphatic heterocycles. The Morgan fingerprint density at radius 2 is 2.07 bits per heavy atom. The van der Waals surface area contributed by atoms with Crippen molar-refractivity contribution in [1.82, 2.24) is 0 Å². The van der Waals surface area contributed by atoms with E-state index in [1.165, 1.54) is 7.11 Å². The van der Waals surface area contributed by atoms with Gasteiger partial charge >= 0.3 is 0 Å². The summed E-state index contributed by atoms with van der Waals surface area (Å²) in [5.41, 5.74) is 0.528. The predicted octanol–water partition coefficient (Wildman–Crippen LogP) is 2.51. The molecule has 1 aromatic rings. The van der Waals surface area contributed by atoms with E-state index in [1.807, 2.05) is 0 Å². The Labute approximate surface area is 88.7 Å². The largest absolute Gasteiger partial charge is 0.494 e. The smallest absolute Gasteiger partial charge is 0.167 e. The number of rotatable bonds is 2. The minimum atomic E-state index is -0.758. The van der Waals surface area contributed by atoms with Gasteiger partial charge in [-0.2, -0.15) is 0 Å². The van der Waals surface area contributed by atoms with Crippen LogP contribution in [0.5, 0.6) is 5.75 Å². The molecule has 0 unspecified atom stereocenters. The summed E-state index contributed by atoms with van der Waals surface area (Å²) in [6.07, 6.45) is 2.53. The number of hydrogen-bond acceptors (Lipinski definition) is 2. The second-order valence-electron chi connectivity index (χ2n) is 4.19. The Morgan fingerprint density at radius 3 is 2.53 bits per heavy atom. The van der Waals surface area contributed by atoms with Gasteiger partial charge in [0.15, 0.2) is 11.6 Å². The first-order valence-electron chi connectivity index (χ1n) is 5.14. The molecular weight excluding hydrogens is 195 g/mol. The fourth-order valence-electron chi connectivity index (χ4n) is 1.95. The average molecular weight is 210 g/mol. The zero-order chi connectivity index (χ0) is 11.1. The molecule has 0 spiro atoms. The van der Waals surface area contributed by atoms with Crippen LogP contribution < -0.4 is 4.74 Å². The van der Waals surface area contributed by atoms with Gasteiger partial charge in [-0.05, 0) is 43.4 Å². The van der Waals surface area contributed by atoms with Gasteiger partial charge in [-0.25, -0.2) is 4.39 Å². The molecule has 0 atom stereocenters. The normalized spacial score (nSPS) is 18.4. The van der Waals surface area contributed by atoms with Crippen molar-refractivity contribution in [1.29, 1.82) is 0 Å². The van der Waals surface area contributed by atoms with Crippen molar-refractivity contribution in [2.24, 2.45) is 0 Å². The third kappa shape index (κ3) is 1.61. The van der Waals surface area contributed by atoms with Crippen LogP contribution in [0, 0.1) is 12.7 Å². The van der Waals surface area contributed by atoms with Crippen LogP contribution in [0.2, 0.25) is 0 Å². The molecule has 1 N–H and O–H groups in total. The van der Waals surface area contributed by atoms with Crippen LogP contribution in [0.15, 0.2) is 12.1 Å². The lowest BCUT2D eigenvalue weighted by molar-refractivity contribution is -0.0390. The topological polar surface area (TPSA) is 29.5 Å². The zero-order valence-electron chi connectivity index (χ0n) is 9.01. The number of aliphatic hydroxyl groups is 1. The van der Waals surface area contributed by atoms with Crippen LogP contribution in [0.25, 0.3) is 0 Å². The molecule has 1 fully saturated rings. The summed E-state index contributed by atoms with van der Waals surface area (Å²) in [7, 11) is 1.44. The van der Waals surface area contributed by atoms with E-state index >= 15 is 0 Å². The molecule has 0 amide bonds. The van der Waals surface area contributed by atoms with Gasteiger partial charge in [-0.1, -0.05) is 6.07 Å². The highest BCUT2D eigenvalue weighted by Gasteiger charge is 2.37. The summed E-state index contributed by atoms with van der Waals surface area (Å²) < 4.78 is 18.4. The summed E-state index contributed by atoms with van der Waals surface area (Å²) >= 11 is 0. The van der Waals surface area contributed by atoms with Gasteiger partial charge in [0.05, 0.1) is 12.7 Å². The van der Waals surface area contributed by atoms with Crippen molar-refractivity contribution in [2.75, 3.05) is 7.11 Å². The van der Waals surface area contributed by atoms with Crippen molar-refractivity contribution in [3.05, 3.63) is 29.1 Å². The van der Waals surface area contributed by atoms with Crippen LogP contribution in [0.1, 0.15) is 30.4 Å². The molecule has 0 aromatic heterocycles. The molecule has 2 rings (SSSR count). The maximum absolute atomic E-state index is 13.5. The average Bonchev–Trinajstić information content (AvgIpc) is 2.18. The molecule has 15 heavy (non-hydrogen) atoms. The van der Waals surface area contributed by atoms with Crippen molar-refractivity contribution >= 4 is 0 Å². The van der Waals surface area contributed by atoms with E-state index in [9.17, 15) is 9.50 Å². The zero-order valence-corrected chi connectivity index (χ0v) is 9.01. The summed E-state index contributed by atoms with van der Waals surface area (Å²) in [5, 5.41) is 10.1. The Hall–Kier alpha value is -1.09. The molecule has 3 heteroatoms. The van der Waals surface area contributed by atoms with Gasteiger partial charge in [0, 0.05) is 0 Å². The maximum atomic E-state index is 13.5. The van der Waals surface area contributed by atoms with E-state index in [0.29, 0.717) is 5.56 Å². The monoisotopic (exact) mass is 210 g/mol. The van der Waals surface area contributed by atoms with Crippen LogP contribution in [0.3, 0.4) is 0 Å². The van der Waals surface area contributed by atoms with E-state index in [4.69, 9.17) is 4.74 Å². The standard InChI is InChI=1S/C12H15FO2/c1-8-6-9(12(14)4-3-5-12)7-10(15-2)11(8)13/h6-7,14H,3-5H2,1-2H3. The van der Waals surface area contributed by atoms with Gasteiger partial charge < -0.3 is 9.84 Å². The minimum Gasteiger partial charge on any atom is -0.494 e.